The summed E-state index contributed by atoms with van der Waals surface area (Å²) >= 11 is 2.79. The van der Waals surface area contributed by atoms with Crippen LogP contribution in [0.3, 0.4) is 0 Å². The lowest BCUT2D eigenvalue weighted by Crippen LogP contribution is -2.27. The van der Waals surface area contributed by atoms with Gasteiger partial charge in [-0.1, -0.05) is 0 Å². The maximum absolute atomic E-state index is 12.6. The van der Waals surface area contributed by atoms with Gasteiger partial charge in [0.1, 0.15) is 5.00 Å². The van der Waals surface area contributed by atoms with E-state index in [2.05, 4.69) is 15.6 Å². The average molecular weight is 421 g/mol. The number of esters is 1. The second-order valence-corrected chi connectivity index (χ2v) is 8.58. The molecule has 0 spiro atoms. The molecular weight excluding hydrogens is 400 g/mol. The molecule has 3 amide bonds. The van der Waals surface area contributed by atoms with Crippen LogP contribution >= 0.6 is 22.7 Å². The molecule has 10 heteroatoms. The number of thiophene rings is 1. The Hall–Kier alpha value is -2.46. The molecule has 2 aliphatic rings. The average Bonchev–Trinajstić information content (AvgIpc) is 3.39. The van der Waals surface area contributed by atoms with E-state index in [0.29, 0.717) is 34.5 Å². The Bertz CT molecular complexity index is 936. The third-order valence-corrected chi connectivity index (χ3v) is 6.90. The normalized spacial score (nSPS) is 15.9. The zero-order valence-electron chi connectivity index (χ0n) is 15.4. The number of hydrogen-bond acceptors (Lipinski definition) is 7. The molecule has 0 bridgehead atoms. The Morgan fingerprint density at radius 1 is 1.36 bits per heavy atom. The summed E-state index contributed by atoms with van der Waals surface area (Å²) < 4.78 is 4.93. The Kier molecular flexibility index (Phi) is 5.31. The molecular formula is C18H20N4O4S2. The molecule has 2 aromatic heterocycles. The number of rotatable bonds is 5. The molecule has 0 saturated carbocycles. The number of urea groups is 1. The van der Waals surface area contributed by atoms with Gasteiger partial charge in [-0.3, -0.25) is 9.69 Å². The summed E-state index contributed by atoms with van der Waals surface area (Å²) in [6.07, 6.45) is 3.96. The molecule has 0 atom stereocenters. The molecule has 3 heterocycles. The van der Waals surface area contributed by atoms with Crippen molar-refractivity contribution in [2.75, 3.05) is 30.4 Å². The molecule has 8 nitrogen and oxygen atoms in total. The van der Waals surface area contributed by atoms with Gasteiger partial charge in [0.05, 0.1) is 24.8 Å². The first-order valence-corrected chi connectivity index (χ1v) is 10.8. The number of aryl methyl sites for hydroxylation is 1. The number of amides is 3. The monoisotopic (exact) mass is 420 g/mol. The number of aromatic nitrogens is 1. The van der Waals surface area contributed by atoms with Gasteiger partial charge >= 0.3 is 12.0 Å². The molecule has 2 N–H and O–H groups in total. The first-order chi connectivity index (χ1) is 13.6. The van der Waals surface area contributed by atoms with Crippen LogP contribution in [0.1, 0.15) is 39.3 Å². The molecule has 1 aliphatic carbocycles. The van der Waals surface area contributed by atoms with E-state index in [0.717, 1.165) is 36.1 Å². The SMILES string of the molecule is COC(=O)c1c(NC(=O)Cc2csc(N3CCNC3=O)n2)sc2c1CCCC2. The van der Waals surface area contributed by atoms with Crippen LogP contribution in [0.4, 0.5) is 14.9 Å². The van der Waals surface area contributed by atoms with Gasteiger partial charge in [0, 0.05) is 23.3 Å². The predicted octanol–water partition coefficient (Wildman–Crippen LogP) is 2.58. The Morgan fingerprint density at radius 2 is 2.18 bits per heavy atom. The third-order valence-electron chi connectivity index (χ3n) is 4.78. The minimum atomic E-state index is -0.411. The summed E-state index contributed by atoms with van der Waals surface area (Å²) in [7, 11) is 1.35. The van der Waals surface area contributed by atoms with E-state index in [1.807, 2.05) is 0 Å². The van der Waals surface area contributed by atoms with Gasteiger partial charge in [-0.15, -0.1) is 22.7 Å². The second-order valence-electron chi connectivity index (χ2n) is 6.64. The lowest BCUT2D eigenvalue weighted by atomic mass is 9.95. The summed E-state index contributed by atoms with van der Waals surface area (Å²) in [5.74, 6) is -0.655. The van der Waals surface area contributed by atoms with E-state index in [-0.39, 0.29) is 18.4 Å². The minimum Gasteiger partial charge on any atom is -0.465 e. The number of methoxy groups -OCH3 is 1. The van der Waals surface area contributed by atoms with Gasteiger partial charge < -0.3 is 15.4 Å². The van der Waals surface area contributed by atoms with Crippen molar-refractivity contribution in [3.8, 4) is 0 Å². The lowest BCUT2D eigenvalue weighted by Gasteiger charge is -2.11. The highest BCUT2D eigenvalue weighted by Crippen LogP contribution is 2.38. The second kappa shape index (κ2) is 7.88. The molecule has 1 aliphatic heterocycles. The Balaban J connectivity index is 1.48. The molecule has 0 aromatic carbocycles. The number of thiazole rings is 1. The predicted molar refractivity (Wildman–Crippen MR) is 107 cm³/mol. The van der Waals surface area contributed by atoms with Gasteiger partial charge in [0.25, 0.3) is 0 Å². The van der Waals surface area contributed by atoms with Crippen molar-refractivity contribution in [2.45, 2.75) is 32.1 Å². The van der Waals surface area contributed by atoms with E-state index in [9.17, 15) is 14.4 Å². The molecule has 0 radical (unpaired) electrons. The number of hydrogen-bond donors (Lipinski definition) is 2. The number of carbonyl (C=O) groups excluding carboxylic acids is 3. The zero-order chi connectivity index (χ0) is 19.7. The quantitative estimate of drug-likeness (QED) is 0.724. The topological polar surface area (TPSA) is 101 Å². The van der Waals surface area contributed by atoms with E-state index in [1.165, 1.54) is 29.8 Å². The summed E-state index contributed by atoms with van der Waals surface area (Å²) in [6, 6.07) is -0.169. The number of fused-ring (bicyclic) bond motifs is 1. The summed E-state index contributed by atoms with van der Waals surface area (Å²) in [5, 5.41) is 8.51. The lowest BCUT2D eigenvalue weighted by molar-refractivity contribution is -0.115. The molecule has 2 aromatic rings. The maximum Gasteiger partial charge on any atom is 0.341 e. The zero-order valence-corrected chi connectivity index (χ0v) is 17.0. The van der Waals surface area contributed by atoms with Gasteiger partial charge in [-0.05, 0) is 31.2 Å². The number of nitrogens with zero attached hydrogens (tertiary/aromatic N) is 2. The molecule has 4 rings (SSSR count). The van der Waals surface area contributed by atoms with Gasteiger partial charge in [-0.2, -0.15) is 0 Å². The van der Waals surface area contributed by atoms with Crippen LogP contribution < -0.4 is 15.5 Å². The fourth-order valence-corrected chi connectivity index (χ4v) is 5.61. The molecule has 1 fully saturated rings. The standard InChI is InChI=1S/C18H20N4O4S2/c1-26-16(24)14-11-4-2-3-5-12(11)28-15(14)21-13(23)8-10-9-27-18(20-10)22-7-6-19-17(22)25/h9H,2-8H2,1H3,(H,19,25)(H,21,23). The smallest absolute Gasteiger partial charge is 0.341 e. The summed E-state index contributed by atoms with van der Waals surface area (Å²) in [4.78, 5) is 43.7. The number of anilines is 2. The van der Waals surface area contributed by atoms with Gasteiger partial charge in [0.2, 0.25) is 5.91 Å². The number of ether oxygens (including phenoxy) is 1. The van der Waals surface area contributed by atoms with Crippen LogP contribution in [-0.2, 0) is 28.8 Å². The molecule has 148 valence electrons. The molecule has 1 saturated heterocycles. The maximum atomic E-state index is 12.6. The Morgan fingerprint density at radius 3 is 2.93 bits per heavy atom. The van der Waals surface area contributed by atoms with Crippen LogP contribution in [0, 0.1) is 0 Å². The van der Waals surface area contributed by atoms with E-state index in [1.54, 1.807) is 10.3 Å². The van der Waals surface area contributed by atoms with Crippen molar-refractivity contribution in [2.24, 2.45) is 0 Å². The minimum absolute atomic E-state index is 0.0785. The van der Waals surface area contributed by atoms with Crippen LogP contribution in [0.15, 0.2) is 5.38 Å². The van der Waals surface area contributed by atoms with Crippen LogP contribution in [-0.4, -0.2) is 43.1 Å². The van der Waals surface area contributed by atoms with Gasteiger partial charge in [0.15, 0.2) is 5.13 Å². The summed E-state index contributed by atoms with van der Waals surface area (Å²) in [6.45, 7) is 1.16. The van der Waals surface area contributed by atoms with E-state index < -0.39 is 5.97 Å². The van der Waals surface area contributed by atoms with Crippen LogP contribution in [0.25, 0.3) is 0 Å². The van der Waals surface area contributed by atoms with Crippen molar-refractivity contribution < 1.29 is 19.1 Å². The van der Waals surface area contributed by atoms with Crippen LogP contribution in [0.5, 0.6) is 0 Å². The first kappa shape index (κ1) is 18.9. The highest BCUT2D eigenvalue weighted by molar-refractivity contribution is 7.17. The molecule has 28 heavy (non-hydrogen) atoms. The fraction of sp³-hybridized carbons (Fsp3) is 0.444. The number of carbonyl (C=O) groups is 3. The first-order valence-electron chi connectivity index (χ1n) is 9.09. The summed E-state index contributed by atoms with van der Waals surface area (Å²) in [5.41, 5.74) is 2.09. The number of nitrogens with one attached hydrogen (secondary N) is 2. The highest BCUT2D eigenvalue weighted by atomic mass is 32.1. The Labute approximate surface area is 169 Å². The largest absolute Gasteiger partial charge is 0.465 e. The van der Waals surface area contributed by atoms with Crippen molar-refractivity contribution >= 4 is 50.7 Å². The van der Waals surface area contributed by atoms with Crippen molar-refractivity contribution in [3.63, 3.8) is 0 Å². The van der Waals surface area contributed by atoms with Crippen molar-refractivity contribution in [3.05, 3.63) is 27.1 Å². The van der Waals surface area contributed by atoms with E-state index in [4.69, 9.17) is 4.74 Å². The fourth-order valence-electron chi connectivity index (χ4n) is 3.46. The van der Waals surface area contributed by atoms with E-state index >= 15 is 0 Å². The third kappa shape index (κ3) is 3.61. The molecule has 0 unspecified atom stereocenters. The van der Waals surface area contributed by atoms with Crippen molar-refractivity contribution in [1.29, 1.82) is 0 Å². The van der Waals surface area contributed by atoms with Crippen molar-refractivity contribution in [1.82, 2.24) is 10.3 Å². The van der Waals surface area contributed by atoms with Gasteiger partial charge in [-0.25, -0.2) is 14.6 Å². The van der Waals surface area contributed by atoms with Crippen LogP contribution in [0.2, 0.25) is 0 Å². The highest BCUT2D eigenvalue weighted by Gasteiger charge is 2.27.